The zero-order valence-corrected chi connectivity index (χ0v) is 8.39. The summed E-state index contributed by atoms with van der Waals surface area (Å²) in [6, 6.07) is 2.79. The van der Waals surface area contributed by atoms with Crippen LogP contribution in [-0.4, -0.2) is 13.1 Å². The molecule has 3 N–H and O–H groups in total. The number of hydrogen-bond donors (Lipinski definition) is 2. The van der Waals surface area contributed by atoms with E-state index in [4.69, 9.17) is 5.73 Å². The highest BCUT2D eigenvalue weighted by atomic mass is 19.2. The third-order valence-electron chi connectivity index (χ3n) is 2.85. The molecule has 1 heterocycles. The van der Waals surface area contributed by atoms with E-state index in [0.717, 1.165) is 31.5 Å². The monoisotopic (exact) mass is 212 g/mol. The van der Waals surface area contributed by atoms with E-state index in [1.807, 2.05) is 0 Å². The van der Waals surface area contributed by atoms with Gasteiger partial charge in [-0.1, -0.05) is 0 Å². The van der Waals surface area contributed by atoms with Gasteiger partial charge >= 0.3 is 0 Å². The Morgan fingerprint density at radius 2 is 2.13 bits per heavy atom. The van der Waals surface area contributed by atoms with Gasteiger partial charge in [-0.25, -0.2) is 8.78 Å². The maximum Gasteiger partial charge on any atom is 0.181 e. The lowest BCUT2D eigenvalue weighted by atomic mass is 9.91. The van der Waals surface area contributed by atoms with Gasteiger partial charge in [0.25, 0.3) is 0 Å². The maximum atomic E-state index is 13.1. The Balaban J connectivity index is 2.27. The van der Waals surface area contributed by atoms with Gasteiger partial charge in [0.15, 0.2) is 11.6 Å². The molecule has 0 amide bonds. The summed E-state index contributed by atoms with van der Waals surface area (Å²) in [6.07, 6.45) is 2.06. The lowest BCUT2D eigenvalue weighted by Gasteiger charge is -2.23. The van der Waals surface area contributed by atoms with E-state index >= 15 is 0 Å². The smallest absolute Gasteiger partial charge is 0.181 e. The lowest BCUT2D eigenvalue weighted by Crippen LogP contribution is -2.28. The quantitative estimate of drug-likeness (QED) is 0.699. The molecular weight excluding hydrogens is 198 g/mol. The normalized spacial score (nSPS) is 21.6. The fourth-order valence-corrected chi connectivity index (χ4v) is 2.00. The minimum absolute atomic E-state index is 0.101. The SMILES string of the molecule is Nc1cc(C2CCCNC2)cc(F)c1F. The van der Waals surface area contributed by atoms with Crippen molar-refractivity contribution in [1.82, 2.24) is 5.32 Å². The predicted molar refractivity (Wildman–Crippen MR) is 55.6 cm³/mol. The molecule has 0 aromatic heterocycles. The molecule has 1 aromatic carbocycles. The Morgan fingerprint density at radius 3 is 2.73 bits per heavy atom. The van der Waals surface area contributed by atoms with Crippen LogP contribution in [0.25, 0.3) is 0 Å². The molecule has 0 bridgehead atoms. The fourth-order valence-electron chi connectivity index (χ4n) is 2.00. The topological polar surface area (TPSA) is 38.0 Å². The van der Waals surface area contributed by atoms with Gasteiger partial charge in [-0.2, -0.15) is 0 Å². The van der Waals surface area contributed by atoms with Gasteiger partial charge in [-0.15, -0.1) is 0 Å². The van der Waals surface area contributed by atoms with E-state index < -0.39 is 11.6 Å². The largest absolute Gasteiger partial charge is 0.396 e. The molecule has 1 aliphatic rings. The van der Waals surface area contributed by atoms with E-state index in [1.54, 1.807) is 0 Å². The van der Waals surface area contributed by atoms with Gasteiger partial charge in [0.05, 0.1) is 5.69 Å². The van der Waals surface area contributed by atoms with E-state index in [1.165, 1.54) is 12.1 Å². The number of hydrogen-bond acceptors (Lipinski definition) is 2. The fraction of sp³-hybridized carbons (Fsp3) is 0.455. The van der Waals surface area contributed by atoms with Crippen LogP contribution in [0.2, 0.25) is 0 Å². The zero-order valence-electron chi connectivity index (χ0n) is 8.39. The van der Waals surface area contributed by atoms with Crippen LogP contribution in [0.5, 0.6) is 0 Å². The standard InChI is InChI=1S/C11H14F2N2/c12-9-4-8(5-10(14)11(9)13)7-2-1-3-15-6-7/h4-5,7,15H,1-3,6,14H2. The van der Waals surface area contributed by atoms with Crippen molar-refractivity contribution in [2.24, 2.45) is 0 Å². The molecule has 1 atom stereocenters. The molecule has 0 saturated carbocycles. The Kier molecular flexibility index (Phi) is 2.86. The van der Waals surface area contributed by atoms with Gasteiger partial charge in [-0.05, 0) is 43.0 Å². The number of anilines is 1. The minimum Gasteiger partial charge on any atom is -0.396 e. The molecule has 0 aliphatic carbocycles. The van der Waals surface area contributed by atoms with E-state index in [0.29, 0.717) is 0 Å². The zero-order chi connectivity index (χ0) is 10.8. The highest BCUT2D eigenvalue weighted by Gasteiger charge is 2.18. The molecule has 0 spiro atoms. The molecule has 0 radical (unpaired) electrons. The van der Waals surface area contributed by atoms with E-state index in [-0.39, 0.29) is 11.6 Å². The van der Waals surface area contributed by atoms with Crippen LogP contribution in [-0.2, 0) is 0 Å². The molecular formula is C11H14F2N2. The van der Waals surface area contributed by atoms with Crippen molar-refractivity contribution in [3.63, 3.8) is 0 Å². The number of piperidine rings is 1. The summed E-state index contributed by atoms with van der Waals surface area (Å²) in [5.41, 5.74) is 6.08. The van der Waals surface area contributed by atoms with Crippen LogP contribution in [0.15, 0.2) is 12.1 Å². The molecule has 82 valence electrons. The highest BCUT2D eigenvalue weighted by molar-refractivity contribution is 5.44. The molecule has 1 saturated heterocycles. The van der Waals surface area contributed by atoms with Gasteiger partial charge in [0.1, 0.15) is 0 Å². The number of nitrogens with one attached hydrogen (secondary N) is 1. The summed E-state index contributed by atoms with van der Waals surface area (Å²) in [4.78, 5) is 0. The van der Waals surface area contributed by atoms with Crippen LogP contribution < -0.4 is 11.1 Å². The molecule has 2 nitrogen and oxygen atoms in total. The average Bonchev–Trinajstić information content (AvgIpc) is 2.26. The average molecular weight is 212 g/mol. The van der Waals surface area contributed by atoms with Crippen molar-refractivity contribution in [3.05, 3.63) is 29.3 Å². The maximum absolute atomic E-state index is 13.1. The number of nitrogens with two attached hydrogens (primary N) is 1. The Morgan fingerprint density at radius 1 is 1.33 bits per heavy atom. The first-order valence-electron chi connectivity index (χ1n) is 5.13. The van der Waals surface area contributed by atoms with Gasteiger partial charge in [0.2, 0.25) is 0 Å². The van der Waals surface area contributed by atoms with Crippen LogP contribution in [0, 0.1) is 11.6 Å². The molecule has 1 aromatic rings. The highest BCUT2D eigenvalue weighted by Crippen LogP contribution is 2.27. The second-order valence-corrected chi connectivity index (χ2v) is 3.95. The molecule has 2 rings (SSSR count). The summed E-state index contributed by atoms with van der Waals surface area (Å²) in [5.74, 6) is -1.55. The third kappa shape index (κ3) is 2.09. The first-order valence-corrected chi connectivity index (χ1v) is 5.13. The third-order valence-corrected chi connectivity index (χ3v) is 2.85. The predicted octanol–water partition coefficient (Wildman–Crippen LogP) is 2.01. The summed E-state index contributed by atoms with van der Waals surface area (Å²) in [6.45, 7) is 1.81. The van der Waals surface area contributed by atoms with E-state index in [9.17, 15) is 8.78 Å². The Hall–Kier alpha value is -1.16. The van der Waals surface area contributed by atoms with Crippen molar-refractivity contribution < 1.29 is 8.78 Å². The number of benzene rings is 1. The second-order valence-electron chi connectivity index (χ2n) is 3.95. The number of nitrogen functional groups attached to an aromatic ring is 1. The van der Waals surface area contributed by atoms with Crippen molar-refractivity contribution in [3.8, 4) is 0 Å². The van der Waals surface area contributed by atoms with Crippen molar-refractivity contribution in [1.29, 1.82) is 0 Å². The summed E-state index contributed by atoms with van der Waals surface area (Å²) >= 11 is 0. The first-order chi connectivity index (χ1) is 7.18. The number of rotatable bonds is 1. The van der Waals surface area contributed by atoms with Crippen molar-refractivity contribution in [2.45, 2.75) is 18.8 Å². The van der Waals surface area contributed by atoms with Gasteiger partial charge < -0.3 is 11.1 Å². The molecule has 1 aliphatic heterocycles. The molecule has 4 heteroatoms. The van der Waals surface area contributed by atoms with Gasteiger partial charge in [0, 0.05) is 6.54 Å². The van der Waals surface area contributed by atoms with Crippen LogP contribution >= 0.6 is 0 Å². The van der Waals surface area contributed by atoms with E-state index in [2.05, 4.69) is 5.32 Å². The molecule has 1 fully saturated rings. The Bertz CT molecular complexity index is 337. The first kappa shape index (κ1) is 10.4. The number of halogens is 2. The summed E-state index contributed by atoms with van der Waals surface area (Å²) < 4.78 is 26.1. The summed E-state index contributed by atoms with van der Waals surface area (Å²) in [5, 5.41) is 3.23. The van der Waals surface area contributed by atoms with Crippen LogP contribution in [0.4, 0.5) is 14.5 Å². The lowest BCUT2D eigenvalue weighted by molar-refractivity contribution is 0.456. The van der Waals surface area contributed by atoms with Crippen molar-refractivity contribution in [2.75, 3.05) is 18.8 Å². The van der Waals surface area contributed by atoms with Crippen LogP contribution in [0.1, 0.15) is 24.3 Å². The van der Waals surface area contributed by atoms with Gasteiger partial charge in [-0.3, -0.25) is 0 Å². The minimum atomic E-state index is -0.942. The summed E-state index contributed by atoms with van der Waals surface area (Å²) in [7, 11) is 0. The Labute approximate surface area is 87.5 Å². The van der Waals surface area contributed by atoms with Crippen molar-refractivity contribution >= 4 is 5.69 Å². The molecule has 15 heavy (non-hydrogen) atoms. The molecule has 1 unspecified atom stereocenters. The van der Waals surface area contributed by atoms with Crippen LogP contribution in [0.3, 0.4) is 0 Å². The second kappa shape index (κ2) is 4.14.